The second kappa shape index (κ2) is 30.1. The Morgan fingerprint density at radius 2 is 1.36 bits per heavy atom. The number of nitrogens with zero attached hydrogens (tertiary/aromatic N) is 1. The highest BCUT2D eigenvalue weighted by atomic mass is 32.3. The van der Waals surface area contributed by atoms with Gasteiger partial charge < -0.3 is 58.5 Å². The summed E-state index contributed by atoms with van der Waals surface area (Å²) in [6, 6.07) is -0.319. The number of aliphatic hydroxyl groups excluding tert-OH is 2. The Morgan fingerprint density at radius 3 is 1.88 bits per heavy atom. The summed E-state index contributed by atoms with van der Waals surface area (Å²) in [6.45, 7) is 20.3. The van der Waals surface area contributed by atoms with E-state index in [1.165, 1.54) is 72.8 Å². The van der Waals surface area contributed by atoms with E-state index < -0.39 is 124 Å². The Kier molecular flexibility index (Phi) is 27.7. The Balaban J connectivity index is 0.000000887. The molecule has 3 saturated heterocycles. The van der Waals surface area contributed by atoms with Crippen LogP contribution in [0.15, 0.2) is 0 Å². The van der Waals surface area contributed by atoms with Gasteiger partial charge in [0.2, 0.25) is 0 Å². The molecule has 424 valence electrons. The van der Waals surface area contributed by atoms with Gasteiger partial charge in [0.15, 0.2) is 18.7 Å². The molecule has 2 unspecified atom stereocenters. The summed E-state index contributed by atoms with van der Waals surface area (Å²) in [5.41, 5.74) is -4.92. The van der Waals surface area contributed by atoms with Gasteiger partial charge in [0.25, 0.3) is 0 Å². The van der Waals surface area contributed by atoms with Gasteiger partial charge in [-0.1, -0.05) is 99.3 Å². The molecule has 0 aromatic heterocycles. The zero-order valence-electron chi connectivity index (χ0n) is 46.4. The largest absolute Gasteiger partial charge is 0.459 e. The highest BCUT2D eigenvalue weighted by Crippen LogP contribution is 2.41. The fraction of sp³-hybridized carbons (Fsp3) is 0.942. The first kappa shape index (κ1) is 66.2. The van der Waals surface area contributed by atoms with Crippen molar-refractivity contribution in [2.24, 2.45) is 23.7 Å². The molecule has 0 aliphatic carbocycles. The van der Waals surface area contributed by atoms with E-state index in [2.05, 4.69) is 11.1 Å². The highest BCUT2D eigenvalue weighted by Gasteiger charge is 2.54. The maximum absolute atomic E-state index is 14.2. The molecule has 0 radical (unpaired) electrons. The molecule has 0 bridgehead atoms. The van der Waals surface area contributed by atoms with Crippen LogP contribution < -0.4 is 0 Å². The van der Waals surface area contributed by atoms with Crippen molar-refractivity contribution in [3.8, 4) is 0 Å². The number of hydrogen-bond acceptors (Lipinski definition) is 18. The van der Waals surface area contributed by atoms with Crippen LogP contribution in [0.4, 0.5) is 0 Å². The molecule has 3 heterocycles. The van der Waals surface area contributed by atoms with Crippen LogP contribution in [0.2, 0.25) is 0 Å². The van der Waals surface area contributed by atoms with Crippen LogP contribution in [0.3, 0.4) is 0 Å². The second-order valence-corrected chi connectivity index (χ2v) is 22.8. The van der Waals surface area contributed by atoms with E-state index in [1.54, 1.807) is 48.5 Å². The number of carbonyl (C=O) groups excluding carboxylic acids is 3. The molecule has 0 saturated carbocycles. The number of methoxy groups -OCH3 is 1. The highest BCUT2D eigenvalue weighted by molar-refractivity contribution is 7.80. The van der Waals surface area contributed by atoms with Gasteiger partial charge in [-0.2, -0.15) is 8.42 Å². The molecule has 0 spiro atoms. The van der Waals surface area contributed by atoms with Gasteiger partial charge in [-0.05, 0) is 81.3 Å². The summed E-state index contributed by atoms with van der Waals surface area (Å²) in [5, 5.41) is 46.6. The van der Waals surface area contributed by atoms with Crippen molar-refractivity contribution in [2.75, 3.05) is 27.8 Å². The zero-order chi connectivity index (χ0) is 54.9. The number of hydrogen-bond donors (Lipinski definition) is 5. The number of carbonyl (C=O) groups is 3. The van der Waals surface area contributed by atoms with Crippen molar-refractivity contribution in [1.29, 1.82) is 0 Å². The Hall–Kier alpha value is -1.92. The van der Waals surface area contributed by atoms with Gasteiger partial charge in [0.1, 0.15) is 23.6 Å². The van der Waals surface area contributed by atoms with Crippen molar-refractivity contribution in [3.63, 3.8) is 0 Å². The monoisotopic (exact) mass is 1060 g/mol. The molecule has 3 aliphatic heterocycles. The lowest BCUT2D eigenvalue weighted by Gasteiger charge is -2.49. The van der Waals surface area contributed by atoms with Crippen molar-refractivity contribution in [3.05, 3.63) is 0 Å². The molecular weight excluding hydrogens is 959 g/mol. The minimum atomic E-state index is -4.23. The number of likely N-dealkylation sites (N-methyl/N-ethyl adjacent to an activating group) is 1. The average molecular weight is 1060 g/mol. The van der Waals surface area contributed by atoms with Crippen LogP contribution in [0, 0.1) is 23.7 Å². The molecule has 72 heavy (non-hydrogen) atoms. The van der Waals surface area contributed by atoms with Crippen molar-refractivity contribution >= 4 is 28.1 Å². The zero-order valence-corrected chi connectivity index (χ0v) is 47.2. The van der Waals surface area contributed by atoms with E-state index in [0.717, 1.165) is 12.8 Å². The fourth-order valence-corrected chi connectivity index (χ4v) is 10.8. The first-order valence-electron chi connectivity index (χ1n) is 26.6. The van der Waals surface area contributed by atoms with Gasteiger partial charge in [-0.15, -0.1) is 0 Å². The van der Waals surface area contributed by atoms with Gasteiger partial charge in [-0.25, -0.2) is 4.18 Å². The predicted molar refractivity (Wildman–Crippen MR) is 270 cm³/mol. The Bertz CT molecular complexity index is 1730. The van der Waals surface area contributed by atoms with Crippen molar-refractivity contribution in [1.82, 2.24) is 4.90 Å². The summed E-state index contributed by atoms with van der Waals surface area (Å²) in [6.07, 6.45) is 2.17. The summed E-state index contributed by atoms with van der Waals surface area (Å²) in [7, 11) is 0.973. The SMILES string of the molecule is CCC(=O)O[C@H]1C(O[C@@H]2[C@@H](C)[C@H](OC3C[C@](C)(OC)[C@H](O)[C@@H](C)O3)[C@@H](C)C(=O)O[C@H](CC)[C@@](C)(O)[C@H](O)[C@@H](C)C(=O)[C@H](C)C[C@@]2(C)O)O[C@H](C)C[C@@H]1N(C)C.CCCCCCCCCCCCOS(=O)(=O)O. The second-order valence-electron chi connectivity index (χ2n) is 21.7. The molecule has 3 rings (SSSR count). The molecule has 18 atom stereocenters. The van der Waals surface area contributed by atoms with Crippen LogP contribution in [0.25, 0.3) is 0 Å². The number of ether oxygens (including phenoxy) is 7. The summed E-state index contributed by atoms with van der Waals surface area (Å²) in [5.74, 6) is -5.59. The molecule has 0 aromatic carbocycles. The first-order chi connectivity index (χ1) is 33.4. The van der Waals surface area contributed by atoms with E-state index >= 15 is 0 Å². The van der Waals surface area contributed by atoms with Crippen LogP contribution in [-0.4, -0.2) is 168 Å². The lowest BCUT2D eigenvalue weighted by molar-refractivity contribution is -0.319. The van der Waals surface area contributed by atoms with Gasteiger partial charge in [-0.3, -0.25) is 18.9 Å². The van der Waals surface area contributed by atoms with E-state index in [1.807, 2.05) is 25.9 Å². The number of ketones is 1. The Morgan fingerprint density at radius 1 is 0.792 bits per heavy atom. The molecular formula is C52H97NO18S. The average Bonchev–Trinajstić information content (AvgIpc) is 3.30. The molecule has 3 fully saturated rings. The molecule has 0 amide bonds. The number of unbranched alkanes of at least 4 members (excludes halogenated alkanes) is 9. The fourth-order valence-electron chi connectivity index (χ4n) is 10.5. The summed E-state index contributed by atoms with van der Waals surface area (Å²) >= 11 is 0. The Labute approximate surface area is 432 Å². The molecule has 0 aromatic rings. The predicted octanol–water partition coefficient (Wildman–Crippen LogP) is 6.47. The van der Waals surface area contributed by atoms with Crippen LogP contribution in [0.5, 0.6) is 0 Å². The number of Topliss-reactive ketones (excluding diaryl/α,β-unsaturated/α-hetero) is 1. The molecule has 19 nitrogen and oxygen atoms in total. The third-order valence-corrected chi connectivity index (χ3v) is 15.5. The molecule has 5 N–H and O–H groups in total. The third kappa shape index (κ3) is 19.6. The number of aliphatic hydroxyl groups is 4. The van der Waals surface area contributed by atoms with Crippen LogP contribution in [-0.2, 0) is 62.1 Å². The minimum absolute atomic E-state index is 0.0760. The topological polar surface area (TPSA) is 264 Å². The van der Waals surface area contributed by atoms with Gasteiger partial charge >= 0.3 is 22.3 Å². The lowest BCUT2D eigenvalue weighted by Crippen LogP contribution is -2.61. The first-order valence-corrected chi connectivity index (χ1v) is 28.0. The van der Waals surface area contributed by atoms with Crippen LogP contribution in [0.1, 0.15) is 179 Å². The van der Waals surface area contributed by atoms with Gasteiger partial charge in [0.05, 0.1) is 60.3 Å². The molecule has 3 aliphatic rings. The standard InChI is InChI=1S/C40H71NO14.C12H26O4S/c1-15-27-40(11,48)33(44)22(5)30(43)20(3)18-38(9,47)35(55-37-32(53-28(42)16-2)26(41(12)13)17-21(4)50-37)23(6)31(24(7)36(46)52-27)54-29-19-39(10,49-14)34(45)25(8)51-29;1-2-3-4-5-6-7-8-9-10-11-12-16-17(13,14)15/h20-27,29,31-35,37,44-45,47-48H,15-19H2,1-14H3;2-12H2,1H3,(H,13,14,15)/t20-,21-,22+,23+,24-,25-,26+,27-,29?,31+,32-,33-,34-,35-,37?,38-,39+,40-;/m1./s1. The quantitative estimate of drug-likeness (QED) is 0.0468. The van der Waals surface area contributed by atoms with Crippen molar-refractivity contribution in [2.45, 2.75) is 264 Å². The summed E-state index contributed by atoms with van der Waals surface area (Å²) in [4.78, 5) is 42.9. The maximum atomic E-state index is 14.2. The van der Waals surface area contributed by atoms with E-state index in [9.17, 15) is 43.2 Å². The maximum Gasteiger partial charge on any atom is 0.397 e. The molecule has 20 heteroatoms. The van der Waals surface area contributed by atoms with Gasteiger partial charge in [0, 0.05) is 37.7 Å². The normalized spacial score (nSPS) is 38.6. The van der Waals surface area contributed by atoms with Crippen molar-refractivity contribution < 1.29 is 85.1 Å². The number of cyclic esters (lactones) is 1. The van der Waals surface area contributed by atoms with E-state index in [-0.39, 0.29) is 44.4 Å². The summed E-state index contributed by atoms with van der Waals surface area (Å²) < 4.78 is 76.6. The lowest BCUT2D eigenvalue weighted by atomic mass is 9.74. The number of rotatable bonds is 21. The van der Waals surface area contributed by atoms with E-state index in [4.69, 9.17) is 37.7 Å². The van der Waals surface area contributed by atoms with Crippen LogP contribution >= 0.6 is 0 Å². The number of esters is 2. The van der Waals surface area contributed by atoms with E-state index in [0.29, 0.717) is 12.8 Å². The third-order valence-electron chi connectivity index (χ3n) is 15.1. The minimum Gasteiger partial charge on any atom is -0.459 e. The smallest absolute Gasteiger partial charge is 0.397 e.